The number of hydrogen-bond donors (Lipinski definition) is 4. The first-order chi connectivity index (χ1) is 17.4. The van der Waals surface area contributed by atoms with Gasteiger partial charge < -0.3 is 20.4 Å². The summed E-state index contributed by atoms with van der Waals surface area (Å²) in [5, 5.41) is 43.3. The van der Waals surface area contributed by atoms with E-state index in [4.69, 9.17) is 0 Å². The molecule has 0 amide bonds. The molecule has 8 nitrogen and oxygen atoms in total. The van der Waals surface area contributed by atoms with E-state index in [-0.39, 0.29) is 42.7 Å². The number of aliphatic hydroxyl groups excluding tert-OH is 3. The van der Waals surface area contributed by atoms with Crippen LogP contribution in [0.4, 0.5) is 0 Å². The first-order valence-electron chi connectivity index (χ1n) is 14.0. The zero-order valence-corrected chi connectivity index (χ0v) is 23.7. The van der Waals surface area contributed by atoms with E-state index in [1.54, 1.807) is 13.8 Å². The Labute approximate surface area is 224 Å². The van der Waals surface area contributed by atoms with E-state index < -0.39 is 63.6 Å². The van der Waals surface area contributed by atoms with E-state index in [0.29, 0.717) is 30.4 Å². The van der Waals surface area contributed by atoms with Crippen molar-refractivity contribution in [1.29, 1.82) is 0 Å². The smallest absolute Gasteiger partial charge is 0.306 e. The molecule has 0 aromatic carbocycles. The number of carboxylic acids is 1. The molecule has 4 aliphatic rings. The number of carbonyl (C=O) groups excluding carboxylic acids is 3. The monoisotopic (exact) mass is 532 g/mol. The predicted molar refractivity (Wildman–Crippen MR) is 139 cm³/mol. The summed E-state index contributed by atoms with van der Waals surface area (Å²) >= 11 is 0. The summed E-state index contributed by atoms with van der Waals surface area (Å²) < 4.78 is 0. The molecule has 0 heterocycles. The van der Waals surface area contributed by atoms with E-state index >= 15 is 0 Å². The van der Waals surface area contributed by atoms with Crippen LogP contribution >= 0.6 is 0 Å². The van der Waals surface area contributed by atoms with Crippen molar-refractivity contribution < 1.29 is 39.6 Å². The van der Waals surface area contributed by atoms with Gasteiger partial charge in [-0.2, -0.15) is 0 Å². The number of aliphatic carboxylic acids is 1. The molecular formula is C30H44O8. The van der Waals surface area contributed by atoms with Gasteiger partial charge in [-0.15, -0.1) is 0 Å². The average molecular weight is 533 g/mol. The number of Topliss-reactive ketones (excluding diaryl/α,β-unsaturated/α-hetero) is 3. The van der Waals surface area contributed by atoms with Gasteiger partial charge in [-0.25, -0.2) is 0 Å². The highest BCUT2D eigenvalue weighted by molar-refractivity contribution is 6.07. The summed E-state index contributed by atoms with van der Waals surface area (Å²) in [6.45, 7) is 12.7. The topological polar surface area (TPSA) is 149 Å². The molecule has 212 valence electrons. The van der Waals surface area contributed by atoms with Crippen LogP contribution in [0.15, 0.2) is 11.1 Å². The summed E-state index contributed by atoms with van der Waals surface area (Å²) in [6, 6.07) is 0. The molecule has 4 N–H and O–H groups in total. The van der Waals surface area contributed by atoms with Crippen molar-refractivity contribution in [3.8, 4) is 0 Å². The van der Waals surface area contributed by atoms with Gasteiger partial charge in [-0.3, -0.25) is 19.2 Å². The Hall–Kier alpha value is -1.90. The van der Waals surface area contributed by atoms with Crippen molar-refractivity contribution in [3.63, 3.8) is 0 Å². The number of hydrogen-bond acceptors (Lipinski definition) is 7. The van der Waals surface area contributed by atoms with Crippen molar-refractivity contribution in [2.45, 2.75) is 105 Å². The first kappa shape index (κ1) is 29.1. The van der Waals surface area contributed by atoms with Crippen molar-refractivity contribution in [1.82, 2.24) is 0 Å². The molecular weight excluding hydrogens is 488 g/mol. The number of ketones is 3. The first-order valence-corrected chi connectivity index (χ1v) is 14.0. The van der Waals surface area contributed by atoms with Crippen molar-refractivity contribution in [2.75, 3.05) is 0 Å². The van der Waals surface area contributed by atoms with Crippen LogP contribution in [0, 0.1) is 45.3 Å². The van der Waals surface area contributed by atoms with Crippen LogP contribution in [0.5, 0.6) is 0 Å². The standard InChI is InChI=1S/C30H44O8/c1-14(10-16(31)11-15(2)26(37)38)17-12-21(34)30(7)22-18(32)13-19-27(3,4)20(33)8-9-28(19,5)23(22)24(35)25(36)29(17,30)6/h14-15,17-20,25,32-33,36H,8-13H2,1-7H3,(H,37,38)/t14-,15?,17?,18+,19+,20+,25-,28+,29+,30+/m1/s1. The predicted octanol–water partition coefficient (Wildman–Crippen LogP) is 3.10. The average Bonchev–Trinajstić information content (AvgIpc) is 3.03. The summed E-state index contributed by atoms with van der Waals surface area (Å²) in [4.78, 5) is 52.0. The van der Waals surface area contributed by atoms with Gasteiger partial charge >= 0.3 is 5.97 Å². The zero-order valence-electron chi connectivity index (χ0n) is 23.7. The second kappa shape index (κ2) is 9.07. The molecule has 0 aromatic heterocycles. The van der Waals surface area contributed by atoms with Gasteiger partial charge in [0.1, 0.15) is 17.7 Å². The Balaban J connectivity index is 1.79. The molecule has 0 bridgehead atoms. The van der Waals surface area contributed by atoms with Crippen LogP contribution in [-0.2, 0) is 19.2 Å². The Bertz CT molecular complexity index is 1110. The van der Waals surface area contributed by atoms with E-state index in [1.807, 2.05) is 27.7 Å². The lowest BCUT2D eigenvalue weighted by Gasteiger charge is -2.62. The third-order valence-corrected chi connectivity index (χ3v) is 11.7. The molecule has 2 unspecified atom stereocenters. The minimum Gasteiger partial charge on any atom is -0.481 e. The second-order valence-electron chi connectivity index (χ2n) is 14.0. The van der Waals surface area contributed by atoms with Crippen molar-refractivity contribution in [2.24, 2.45) is 45.3 Å². The van der Waals surface area contributed by atoms with Gasteiger partial charge in [0, 0.05) is 30.3 Å². The molecule has 8 heteroatoms. The quantitative estimate of drug-likeness (QED) is 0.408. The maximum Gasteiger partial charge on any atom is 0.306 e. The minimum atomic E-state index is -1.49. The molecule has 4 rings (SSSR count). The van der Waals surface area contributed by atoms with E-state index in [9.17, 15) is 39.6 Å². The Morgan fingerprint density at radius 3 is 2.18 bits per heavy atom. The lowest BCUT2D eigenvalue weighted by atomic mass is 9.42. The summed E-state index contributed by atoms with van der Waals surface area (Å²) in [5.74, 6) is -3.81. The SMILES string of the molecule is CC(CC(=O)C[C@@H](C)C1CC(=O)[C@@]2(C)C3=C(C(=O)[C@@H](O)[C@]12C)[C@@]1(C)CC[C@H](O)C(C)(C)[C@@H]1C[C@@H]3O)C(=O)O. The van der Waals surface area contributed by atoms with Crippen LogP contribution in [0.3, 0.4) is 0 Å². The zero-order chi connectivity index (χ0) is 28.7. The highest BCUT2D eigenvalue weighted by Gasteiger charge is 2.73. The molecule has 0 radical (unpaired) electrons. The summed E-state index contributed by atoms with van der Waals surface area (Å²) in [6.07, 6.45) is -1.84. The molecule has 0 aromatic rings. The lowest BCUT2D eigenvalue weighted by molar-refractivity contribution is -0.159. The Kier molecular flexibility index (Phi) is 6.94. The van der Waals surface area contributed by atoms with Gasteiger partial charge in [-0.05, 0) is 60.3 Å². The summed E-state index contributed by atoms with van der Waals surface area (Å²) in [7, 11) is 0. The second-order valence-corrected chi connectivity index (χ2v) is 14.0. The Morgan fingerprint density at radius 2 is 1.61 bits per heavy atom. The van der Waals surface area contributed by atoms with Crippen LogP contribution < -0.4 is 0 Å². The van der Waals surface area contributed by atoms with E-state index in [0.717, 1.165) is 0 Å². The molecule has 0 aliphatic heterocycles. The van der Waals surface area contributed by atoms with Crippen molar-refractivity contribution >= 4 is 23.3 Å². The van der Waals surface area contributed by atoms with Gasteiger partial charge in [0.05, 0.1) is 23.5 Å². The number of carboxylic acid groups (broad SMARTS) is 1. The van der Waals surface area contributed by atoms with Gasteiger partial charge in [0.15, 0.2) is 5.78 Å². The molecule has 2 saturated carbocycles. The third kappa shape index (κ3) is 3.66. The maximum atomic E-state index is 14.1. The fraction of sp³-hybridized carbons (Fsp3) is 0.800. The number of aliphatic hydroxyl groups is 3. The number of rotatable bonds is 6. The van der Waals surface area contributed by atoms with Crippen LogP contribution in [0.2, 0.25) is 0 Å². The molecule has 0 saturated heterocycles. The van der Waals surface area contributed by atoms with Gasteiger partial charge in [-0.1, -0.05) is 41.5 Å². The van der Waals surface area contributed by atoms with Crippen LogP contribution in [0.25, 0.3) is 0 Å². The Morgan fingerprint density at radius 1 is 1.00 bits per heavy atom. The number of fused-ring (bicyclic) bond motifs is 4. The fourth-order valence-corrected chi connectivity index (χ4v) is 9.13. The van der Waals surface area contributed by atoms with Gasteiger partial charge in [0.25, 0.3) is 0 Å². The molecule has 38 heavy (non-hydrogen) atoms. The fourth-order valence-electron chi connectivity index (χ4n) is 9.13. The van der Waals surface area contributed by atoms with Gasteiger partial charge in [0.2, 0.25) is 0 Å². The minimum absolute atomic E-state index is 0.0441. The van der Waals surface area contributed by atoms with E-state index in [1.165, 1.54) is 6.92 Å². The highest BCUT2D eigenvalue weighted by atomic mass is 16.4. The van der Waals surface area contributed by atoms with Crippen molar-refractivity contribution in [3.05, 3.63) is 11.1 Å². The largest absolute Gasteiger partial charge is 0.481 e. The molecule has 2 fully saturated rings. The summed E-state index contributed by atoms with van der Waals surface area (Å²) in [5.41, 5.74) is -3.00. The molecule has 4 aliphatic carbocycles. The number of carbonyl (C=O) groups is 4. The highest BCUT2D eigenvalue weighted by Crippen LogP contribution is 2.70. The normalized spacial score (nSPS) is 43.7. The molecule has 10 atom stereocenters. The van der Waals surface area contributed by atoms with Crippen LogP contribution in [-0.4, -0.2) is 62.1 Å². The van der Waals surface area contributed by atoms with E-state index in [2.05, 4.69) is 0 Å². The lowest BCUT2D eigenvalue weighted by Crippen LogP contribution is -2.64. The van der Waals surface area contributed by atoms with Crippen LogP contribution in [0.1, 0.15) is 87.0 Å². The third-order valence-electron chi connectivity index (χ3n) is 11.7. The maximum absolute atomic E-state index is 14.1. The molecule has 0 spiro atoms.